The van der Waals surface area contributed by atoms with Crippen LogP contribution in [-0.2, 0) is 4.79 Å². The second-order valence-corrected chi connectivity index (χ2v) is 2.40. The van der Waals surface area contributed by atoms with Crippen molar-refractivity contribution in [3.05, 3.63) is 24.3 Å². The summed E-state index contributed by atoms with van der Waals surface area (Å²) >= 11 is 0. The van der Waals surface area contributed by atoms with Crippen molar-refractivity contribution >= 4 is 5.97 Å². The minimum atomic E-state index is -0.935. The van der Waals surface area contributed by atoms with Crippen LogP contribution in [0.25, 0.3) is 0 Å². The lowest BCUT2D eigenvalue weighted by atomic mass is 10.3. The average molecular weight is 156 g/mol. The summed E-state index contributed by atoms with van der Waals surface area (Å²) in [6.45, 7) is 12.4. The second kappa shape index (κ2) is 7.06. The fourth-order valence-electron chi connectivity index (χ4n) is 0. The molecule has 0 aliphatic heterocycles. The number of allylic oxidation sites excluding steroid dienone is 1. The van der Waals surface area contributed by atoms with Crippen LogP contribution in [0.15, 0.2) is 24.3 Å². The summed E-state index contributed by atoms with van der Waals surface area (Å²) in [4.78, 5) is 9.60. The first kappa shape index (κ1) is 12.6. The first-order chi connectivity index (χ1) is 4.91. The van der Waals surface area contributed by atoms with Gasteiger partial charge in [-0.3, -0.25) is 0 Å². The Kier molecular flexibility index (Phi) is 8.10. The lowest BCUT2D eigenvalue weighted by Crippen LogP contribution is -1.92. The summed E-state index contributed by atoms with van der Waals surface area (Å²) in [7, 11) is 0. The molecular weight excluding hydrogens is 140 g/mol. The fraction of sp³-hybridized carbons (Fsp3) is 0.444. The van der Waals surface area contributed by atoms with E-state index in [1.54, 1.807) is 0 Å². The van der Waals surface area contributed by atoms with Crippen LogP contribution in [0.4, 0.5) is 0 Å². The highest BCUT2D eigenvalue weighted by Crippen LogP contribution is 1.88. The number of hydrogen-bond donors (Lipinski definition) is 1. The molecule has 0 aromatic rings. The van der Waals surface area contributed by atoms with Gasteiger partial charge in [-0.1, -0.05) is 19.1 Å². The van der Waals surface area contributed by atoms with Gasteiger partial charge in [0.15, 0.2) is 0 Å². The number of carboxylic acid groups (broad SMARTS) is 1. The maximum Gasteiger partial charge on any atom is 0.330 e. The minimum absolute atomic E-state index is 0.176. The van der Waals surface area contributed by atoms with Crippen LogP contribution in [0, 0.1) is 0 Å². The van der Waals surface area contributed by atoms with Gasteiger partial charge in [0.1, 0.15) is 0 Å². The lowest BCUT2D eigenvalue weighted by Gasteiger charge is -1.79. The largest absolute Gasteiger partial charge is 0.478 e. The van der Waals surface area contributed by atoms with Crippen LogP contribution >= 0.6 is 0 Å². The van der Waals surface area contributed by atoms with Gasteiger partial charge in [0, 0.05) is 5.57 Å². The van der Waals surface area contributed by atoms with Crippen LogP contribution in [-0.4, -0.2) is 11.1 Å². The quantitative estimate of drug-likeness (QED) is 0.493. The molecule has 0 fully saturated rings. The Morgan fingerprint density at radius 1 is 1.36 bits per heavy atom. The molecule has 0 saturated heterocycles. The highest BCUT2D eigenvalue weighted by atomic mass is 16.4. The Balaban J connectivity index is 0. The molecule has 0 spiro atoms. The summed E-state index contributed by atoms with van der Waals surface area (Å²) in [6, 6.07) is 0. The van der Waals surface area contributed by atoms with Crippen LogP contribution in [0.2, 0.25) is 0 Å². The smallest absolute Gasteiger partial charge is 0.330 e. The molecule has 0 heterocycles. The van der Waals surface area contributed by atoms with E-state index in [4.69, 9.17) is 5.11 Å². The monoisotopic (exact) mass is 156 g/mol. The van der Waals surface area contributed by atoms with E-state index in [0.29, 0.717) is 0 Å². The molecule has 0 saturated carbocycles. The van der Waals surface area contributed by atoms with Crippen molar-refractivity contribution in [1.82, 2.24) is 0 Å². The van der Waals surface area contributed by atoms with Gasteiger partial charge in [-0.2, -0.15) is 0 Å². The topological polar surface area (TPSA) is 37.3 Å². The van der Waals surface area contributed by atoms with Gasteiger partial charge >= 0.3 is 5.97 Å². The van der Waals surface area contributed by atoms with Crippen LogP contribution in [0.3, 0.4) is 0 Å². The Morgan fingerprint density at radius 2 is 1.55 bits per heavy atom. The Hall–Kier alpha value is -1.05. The molecule has 0 aromatic heterocycles. The van der Waals surface area contributed by atoms with E-state index in [1.165, 1.54) is 12.5 Å². The SMILES string of the molecule is C=C(C)C(=O)O.C=C(C)CC. The van der Waals surface area contributed by atoms with Gasteiger partial charge in [-0.25, -0.2) is 4.79 Å². The lowest BCUT2D eigenvalue weighted by molar-refractivity contribution is -0.132. The van der Waals surface area contributed by atoms with E-state index in [9.17, 15) is 4.79 Å². The molecule has 64 valence electrons. The Labute approximate surface area is 68.2 Å². The molecular formula is C9H16O2. The highest BCUT2D eigenvalue weighted by molar-refractivity contribution is 5.84. The minimum Gasteiger partial charge on any atom is -0.478 e. The molecule has 0 rings (SSSR count). The molecule has 0 aromatic carbocycles. The van der Waals surface area contributed by atoms with E-state index in [1.807, 2.05) is 6.92 Å². The summed E-state index contributed by atoms with van der Waals surface area (Å²) in [6.07, 6.45) is 1.11. The third-order valence-electron chi connectivity index (χ3n) is 0.969. The number of carbonyl (C=O) groups is 1. The van der Waals surface area contributed by atoms with Crippen molar-refractivity contribution in [3.8, 4) is 0 Å². The average Bonchev–Trinajstić information content (AvgIpc) is 1.89. The first-order valence-electron chi connectivity index (χ1n) is 3.45. The number of rotatable bonds is 2. The van der Waals surface area contributed by atoms with E-state index in [0.717, 1.165) is 6.42 Å². The first-order valence-corrected chi connectivity index (χ1v) is 3.45. The standard InChI is InChI=1S/C5H10.C4H6O2/c1-4-5(2)3;1-3(2)4(5)6/h2,4H2,1,3H3;1H2,2H3,(H,5,6). The van der Waals surface area contributed by atoms with Gasteiger partial charge in [0.2, 0.25) is 0 Å². The van der Waals surface area contributed by atoms with E-state index in [-0.39, 0.29) is 5.57 Å². The Morgan fingerprint density at radius 3 is 1.55 bits per heavy atom. The van der Waals surface area contributed by atoms with Crippen molar-refractivity contribution in [2.45, 2.75) is 27.2 Å². The summed E-state index contributed by atoms with van der Waals surface area (Å²) in [5.41, 5.74) is 1.43. The number of hydrogen-bond acceptors (Lipinski definition) is 1. The Bertz CT molecular complexity index is 145. The number of aliphatic carboxylic acids is 1. The fourth-order valence-corrected chi connectivity index (χ4v) is 0. The van der Waals surface area contributed by atoms with Gasteiger partial charge in [0.05, 0.1) is 0 Å². The molecule has 0 radical (unpaired) electrons. The van der Waals surface area contributed by atoms with Gasteiger partial charge in [-0.15, -0.1) is 6.58 Å². The van der Waals surface area contributed by atoms with E-state index < -0.39 is 5.97 Å². The van der Waals surface area contributed by atoms with Gasteiger partial charge < -0.3 is 5.11 Å². The maximum absolute atomic E-state index is 9.60. The van der Waals surface area contributed by atoms with Crippen molar-refractivity contribution in [1.29, 1.82) is 0 Å². The third-order valence-corrected chi connectivity index (χ3v) is 0.969. The third kappa shape index (κ3) is 17.6. The molecule has 1 N–H and O–H groups in total. The summed E-state index contributed by atoms with van der Waals surface area (Å²) in [5.74, 6) is -0.935. The zero-order valence-corrected chi connectivity index (χ0v) is 7.48. The number of carboxylic acids is 1. The van der Waals surface area contributed by atoms with Crippen molar-refractivity contribution < 1.29 is 9.90 Å². The summed E-state index contributed by atoms with van der Waals surface area (Å²) in [5, 5.41) is 7.89. The molecule has 0 aliphatic carbocycles. The molecule has 11 heavy (non-hydrogen) atoms. The van der Waals surface area contributed by atoms with Crippen molar-refractivity contribution in [3.63, 3.8) is 0 Å². The molecule has 0 unspecified atom stereocenters. The van der Waals surface area contributed by atoms with E-state index >= 15 is 0 Å². The normalized spacial score (nSPS) is 7.55. The molecule has 0 aliphatic rings. The van der Waals surface area contributed by atoms with Crippen molar-refractivity contribution in [2.24, 2.45) is 0 Å². The molecule has 0 amide bonds. The van der Waals surface area contributed by atoms with Crippen LogP contribution < -0.4 is 0 Å². The predicted molar refractivity (Wildman–Crippen MR) is 47.6 cm³/mol. The summed E-state index contributed by atoms with van der Waals surface area (Å²) < 4.78 is 0. The van der Waals surface area contributed by atoms with E-state index in [2.05, 4.69) is 20.1 Å². The molecule has 0 atom stereocenters. The zero-order chi connectivity index (χ0) is 9.44. The second-order valence-electron chi connectivity index (χ2n) is 2.40. The van der Waals surface area contributed by atoms with Crippen LogP contribution in [0.1, 0.15) is 27.2 Å². The van der Waals surface area contributed by atoms with Gasteiger partial charge in [-0.05, 0) is 20.3 Å². The highest BCUT2D eigenvalue weighted by Gasteiger charge is 1.90. The van der Waals surface area contributed by atoms with Crippen molar-refractivity contribution in [2.75, 3.05) is 0 Å². The zero-order valence-electron chi connectivity index (χ0n) is 7.48. The molecule has 2 nitrogen and oxygen atoms in total. The van der Waals surface area contributed by atoms with Gasteiger partial charge in [0.25, 0.3) is 0 Å². The maximum atomic E-state index is 9.60. The van der Waals surface area contributed by atoms with Crippen LogP contribution in [0.5, 0.6) is 0 Å². The molecule has 0 bridgehead atoms. The molecule has 2 heteroatoms. The predicted octanol–water partition coefficient (Wildman–Crippen LogP) is 2.62.